The molecule has 0 spiro atoms. The highest BCUT2D eigenvalue weighted by Crippen LogP contribution is 2.43. The molecule has 4 nitrogen and oxygen atoms in total. The summed E-state index contributed by atoms with van der Waals surface area (Å²) in [7, 11) is 3.12. The van der Waals surface area contributed by atoms with E-state index in [0.29, 0.717) is 31.4 Å². The quantitative estimate of drug-likeness (QED) is 0.519. The Morgan fingerprint density at radius 1 is 1.12 bits per heavy atom. The molecule has 0 aromatic heterocycles. The van der Waals surface area contributed by atoms with Crippen LogP contribution in [0.2, 0.25) is 5.02 Å². The van der Waals surface area contributed by atoms with Crippen molar-refractivity contribution in [1.29, 1.82) is 0 Å². The summed E-state index contributed by atoms with van der Waals surface area (Å²) in [6.07, 6.45) is 0. The lowest BCUT2D eigenvalue weighted by Gasteiger charge is -2.18. The first-order valence-corrected chi connectivity index (χ1v) is 9.31. The minimum Gasteiger partial charge on any atom is -0.497 e. The van der Waals surface area contributed by atoms with E-state index in [-0.39, 0.29) is 5.91 Å². The van der Waals surface area contributed by atoms with Gasteiger partial charge in [0.15, 0.2) is 4.32 Å². The average molecular weight is 406 g/mol. The number of allylic oxidation sites excluding steroid dienone is 1. The molecule has 2 aromatic rings. The number of benzene rings is 2. The van der Waals surface area contributed by atoms with Crippen LogP contribution in [-0.4, -0.2) is 24.4 Å². The van der Waals surface area contributed by atoms with Crippen molar-refractivity contribution < 1.29 is 14.3 Å². The molecular formula is C19H16ClNO3S2. The second kappa shape index (κ2) is 7.70. The van der Waals surface area contributed by atoms with Crippen LogP contribution in [0.5, 0.6) is 11.5 Å². The van der Waals surface area contributed by atoms with Crippen LogP contribution in [0.4, 0.5) is 5.69 Å². The number of ether oxygens (including phenoxy) is 2. The Balaban J connectivity index is 2.02. The standard InChI is InChI=1S/C19H16ClNO3S2/c1-11(12-4-6-13(20)7-5-12)17-18(22)21(19(25)26-17)15-9-8-14(23-2)10-16(15)24-3/h4-10H,1-3H3/b17-11-. The number of thioether (sulfide) groups is 1. The predicted octanol–water partition coefficient (Wildman–Crippen LogP) is 5.15. The van der Waals surface area contributed by atoms with Gasteiger partial charge in [-0.3, -0.25) is 9.69 Å². The zero-order valence-corrected chi connectivity index (χ0v) is 16.8. The van der Waals surface area contributed by atoms with Crippen LogP contribution in [0.1, 0.15) is 12.5 Å². The molecule has 1 saturated heterocycles. The second-order valence-electron chi connectivity index (χ2n) is 5.51. The van der Waals surface area contributed by atoms with Crippen LogP contribution in [0.3, 0.4) is 0 Å². The molecule has 1 heterocycles. The van der Waals surface area contributed by atoms with E-state index in [1.807, 2.05) is 19.1 Å². The first-order chi connectivity index (χ1) is 12.5. The minimum atomic E-state index is -0.170. The maximum atomic E-state index is 13.1. The first kappa shape index (κ1) is 18.8. The highest BCUT2D eigenvalue weighted by molar-refractivity contribution is 8.27. The molecule has 0 radical (unpaired) electrons. The lowest BCUT2D eigenvalue weighted by atomic mass is 10.1. The highest BCUT2D eigenvalue weighted by atomic mass is 35.5. The number of thiocarbonyl (C=S) groups is 1. The predicted molar refractivity (Wildman–Crippen MR) is 111 cm³/mol. The summed E-state index contributed by atoms with van der Waals surface area (Å²) in [5.74, 6) is 0.992. The lowest BCUT2D eigenvalue weighted by Crippen LogP contribution is -2.28. The van der Waals surface area contributed by atoms with Crippen molar-refractivity contribution in [2.75, 3.05) is 19.1 Å². The average Bonchev–Trinajstić information content (AvgIpc) is 2.95. The van der Waals surface area contributed by atoms with Gasteiger partial charge in [0.1, 0.15) is 11.5 Å². The van der Waals surface area contributed by atoms with Gasteiger partial charge in [0.05, 0.1) is 24.8 Å². The third kappa shape index (κ3) is 3.45. The van der Waals surface area contributed by atoms with E-state index >= 15 is 0 Å². The number of anilines is 1. The molecule has 1 aliphatic heterocycles. The minimum absolute atomic E-state index is 0.170. The van der Waals surface area contributed by atoms with Crippen LogP contribution >= 0.6 is 35.6 Å². The summed E-state index contributed by atoms with van der Waals surface area (Å²) in [5.41, 5.74) is 2.38. The van der Waals surface area contributed by atoms with Gasteiger partial charge in [-0.2, -0.15) is 0 Å². The molecule has 3 rings (SSSR count). The summed E-state index contributed by atoms with van der Waals surface area (Å²) in [4.78, 5) is 15.2. The number of carbonyl (C=O) groups excluding carboxylic acids is 1. The number of halogens is 1. The fourth-order valence-corrected chi connectivity index (χ4v) is 4.06. The van der Waals surface area contributed by atoms with Crippen molar-refractivity contribution in [3.8, 4) is 11.5 Å². The third-order valence-electron chi connectivity index (χ3n) is 4.01. The van der Waals surface area contributed by atoms with Crippen LogP contribution in [0.25, 0.3) is 5.57 Å². The number of hydrogen-bond donors (Lipinski definition) is 0. The van der Waals surface area contributed by atoms with Crippen LogP contribution in [0, 0.1) is 0 Å². The smallest absolute Gasteiger partial charge is 0.271 e. The highest BCUT2D eigenvalue weighted by Gasteiger charge is 2.36. The summed E-state index contributed by atoms with van der Waals surface area (Å²) < 4.78 is 11.1. The van der Waals surface area contributed by atoms with Crippen LogP contribution in [-0.2, 0) is 4.79 Å². The number of rotatable bonds is 4. The van der Waals surface area contributed by atoms with E-state index in [9.17, 15) is 4.79 Å². The molecule has 26 heavy (non-hydrogen) atoms. The van der Waals surface area contributed by atoms with E-state index in [4.69, 9.17) is 33.3 Å². The molecular weight excluding hydrogens is 390 g/mol. The van der Waals surface area contributed by atoms with E-state index in [1.54, 1.807) is 44.6 Å². The number of methoxy groups -OCH3 is 2. The molecule has 0 atom stereocenters. The van der Waals surface area contributed by atoms with Gasteiger partial charge in [0.2, 0.25) is 0 Å². The maximum absolute atomic E-state index is 13.1. The lowest BCUT2D eigenvalue weighted by molar-refractivity contribution is -0.113. The Bertz CT molecular complexity index is 910. The van der Waals surface area contributed by atoms with Gasteiger partial charge in [-0.1, -0.05) is 47.7 Å². The molecule has 0 saturated carbocycles. The fraction of sp³-hybridized carbons (Fsp3) is 0.158. The maximum Gasteiger partial charge on any atom is 0.271 e. The summed E-state index contributed by atoms with van der Waals surface area (Å²) in [6.45, 7) is 1.90. The summed E-state index contributed by atoms with van der Waals surface area (Å²) in [5, 5.41) is 0.650. The van der Waals surface area contributed by atoms with Gasteiger partial charge < -0.3 is 9.47 Å². The summed E-state index contributed by atoms with van der Waals surface area (Å²) >= 11 is 12.7. The Morgan fingerprint density at radius 2 is 1.81 bits per heavy atom. The van der Waals surface area contributed by atoms with Gasteiger partial charge in [-0.15, -0.1) is 0 Å². The van der Waals surface area contributed by atoms with Crippen LogP contribution in [0.15, 0.2) is 47.4 Å². The summed E-state index contributed by atoms with van der Waals surface area (Å²) in [6, 6.07) is 12.6. The molecule has 0 bridgehead atoms. The van der Waals surface area contributed by atoms with E-state index in [2.05, 4.69) is 0 Å². The van der Waals surface area contributed by atoms with Gasteiger partial charge >= 0.3 is 0 Å². The Kier molecular flexibility index (Phi) is 5.55. The number of nitrogens with zero attached hydrogens (tertiary/aromatic N) is 1. The van der Waals surface area contributed by atoms with Crippen molar-refractivity contribution in [2.24, 2.45) is 0 Å². The molecule has 1 amide bonds. The monoisotopic (exact) mass is 405 g/mol. The van der Waals surface area contributed by atoms with Crippen molar-refractivity contribution in [3.05, 3.63) is 58.0 Å². The first-order valence-electron chi connectivity index (χ1n) is 7.71. The topological polar surface area (TPSA) is 38.8 Å². The zero-order valence-electron chi connectivity index (χ0n) is 14.4. The van der Waals surface area contributed by atoms with Crippen molar-refractivity contribution in [2.45, 2.75) is 6.92 Å². The number of amides is 1. The van der Waals surface area contributed by atoms with E-state index in [0.717, 1.165) is 11.1 Å². The Morgan fingerprint density at radius 3 is 2.42 bits per heavy atom. The van der Waals surface area contributed by atoms with Gasteiger partial charge in [0, 0.05) is 11.1 Å². The molecule has 2 aromatic carbocycles. The second-order valence-corrected chi connectivity index (χ2v) is 7.59. The number of carbonyl (C=O) groups is 1. The Hall–Kier alpha value is -2.02. The fourth-order valence-electron chi connectivity index (χ4n) is 2.61. The molecule has 1 aliphatic rings. The molecule has 0 unspecified atom stereocenters. The largest absolute Gasteiger partial charge is 0.497 e. The Labute approximate surface area is 166 Å². The molecule has 134 valence electrons. The van der Waals surface area contributed by atoms with E-state index < -0.39 is 0 Å². The molecule has 0 N–H and O–H groups in total. The molecule has 1 fully saturated rings. The van der Waals surface area contributed by atoms with Gasteiger partial charge in [-0.05, 0) is 42.3 Å². The zero-order chi connectivity index (χ0) is 18.8. The third-order valence-corrected chi connectivity index (χ3v) is 5.74. The van der Waals surface area contributed by atoms with Crippen molar-refractivity contribution >= 4 is 57.1 Å². The number of hydrogen-bond acceptors (Lipinski definition) is 5. The SMILES string of the molecule is COc1ccc(N2C(=O)/C(=C(\C)c3ccc(Cl)cc3)SC2=S)c(OC)c1. The molecule has 0 aliphatic carbocycles. The molecule has 7 heteroatoms. The van der Waals surface area contributed by atoms with Crippen molar-refractivity contribution in [1.82, 2.24) is 0 Å². The van der Waals surface area contributed by atoms with Crippen molar-refractivity contribution in [3.63, 3.8) is 0 Å². The van der Waals surface area contributed by atoms with Gasteiger partial charge in [-0.25, -0.2) is 0 Å². The van der Waals surface area contributed by atoms with Gasteiger partial charge in [0.25, 0.3) is 5.91 Å². The van der Waals surface area contributed by atoms with E-state index in [1.165, 1.54) is 16.7 Å². The van der Waals surface area contributed by atoms with Crippen LogP contribution < -0.4 is 14.4 Å². The normalized spacial score (nSPS) is 16.1.